The third kappa shape index (κ3) is 6.14. The first-order valence-electron chi connectivity index (χ1n) is 13.5. The Balaban J connectivity index is 1.08. The van der Waals surface area contributed by atoms with Crippen molar-refractivity contribution in [2.75, 3.05) is 24.2 Å². The molecule has 0 aliphatic carbocycles. The number of carbonyl (C=O) groups is 1. The highest BCUT2D eigenvalue weighted by molar-refractivity contribution is 7.99. The Morgan fingerprint density at radius 1 is 1.05 bits per heavy atom. The number of anilines is 2. The quantitative estimate of drug-likeness (QED) is 0.141. The summed E-state index contributed by atoms with van der Waals surface area (Å²) >= 11 is 1.17. The number of nitrogens with zero attached hydrogens (tertiary/aromatic N) is 5. The Labute approximate surface area is 255 Å². The van der Waals surface area contributed by atoms with Crippen LogP contribution in [0.1, 0.15) is 12.8 Å². The van der Waals surface area contributed by atoms with Crippen molar-refractivity contribution in [1.29, 1.82) is 0 Å². The van der Waals surface area contributed by atoms with E-state index in [1.807, 2.05) is 24.3 Å². The zero-order chi connectivity index (χ0) is 30.7. The number of likely N-dealkylation sites (tertiary alicyclic amines) is 1. The molecule has 1 aliphatic heterocycles. The molecule has 226 valence electrons. The average Bonchev–Trinajstić information content (AvgIpc) is 3.42. The maximum Gasteiger partial charge on any atom is 0.415 e. The molecule has 6 rings (SSSR count). The van der Waals surface area contributed by atoms with E-state index >= 15 is 0 Å². The molecule has 1 fully saturated rings. The molecule has 3 heterocycles. The van der Waals surface area contributed by atoms with Crippen LogP contribution in [-0.4, -0.2) is 59.3 Å². The van der Waals surface area contributed by atoms with Crippen molar-refractivity contribution in [2.45, 2.75) is 34.0 Å². The van der Waals surface area contributed by atoms with Gasteiger partial charge in [-0.15, -0.1) is 0 Å². The van der Waals surface area contributed by atoms with Crippen molar-refractivity contribution in [3.8, 4) is 5.88 Å². The molecule has 0 saturated carbocycles. The topological polar surface area (TPSA) is 154 Å². The van der Waals surface area contributed by atoms with Gasteiger partial charge < -0.3 is 20.2 Å². The molecule has 0 radical (unpaired) electrons. The number of amides is 1. The van der Waals surface area contributed by atoms with Gasteiger partial charge in [0.05, 0.1) is 27.0 Å². The Morgan fingerprint density at radius 3 is 2.52 bits per heavy atom. The van der Waals surface area contributed by atoms with E-state index in [0.717, 1.165) is 0 Å². The van der Waals surface area contributed by atoms with E-state index in [1.54, 1.807) is 29.2 Å². The van der Waals surface area contributed by atoms with E-state index < -0.39 is 32.7 Å². The number of nitrogens with one attached hydrogen (secondary N) is 1. The highest BCUT2D eigenvalue weighted by atomic mass is 32.2. The predicted octanol–water partition coefficient (Wildman–Crippen LogP) is 4.13. The van der Waals surface area contributed by atoms with Crippen molar-refractivity contribution >= 4 is 49.9 Å². The number of halogens is 1. The number of hydrogen-bond acceptors (Lipinski definition) is 11. The Morgan fingerprint density at radius 2 is 1.75 bits per heavy atom. The monoisotopic (exact) mass is 636 g/mol. The minimum atomic E-state index is -4.24. The lowest BCUT2D eigenvalue weighted by molar-refractivity contribution is -0.832. The molecule has 3 aromatic carbocycles. The van der Waals surface area contributed by atoms with Gasteiger partial charge in [-0.05, 0) is 41.3 Å². The van der Waals surface area contributed by atoms with Crippen LogP contribution in [0.4, 0.5) is 15.9 Å². The molecule has 1 N–H and O–H groups in total. The van der Waals surface area contributed by atoms with E-state index in [2.05, 4.69) is 25.1 Å². The van der Waals surface area contributed by atoms with Crippen LogP contribution in [0.2, 0.25) is 0 Å². The first-order valence-corrected chi connectivity index (χ1v) is 16.0. The van der Waals surface area contributed by atoms with Crippen molar-refractivity contribution in [2.24, 2.45) is 0 Å². The highest BCUT2D eigenvalue weighted by Crippen LogP contribution is 2.30. The number of hydrogen-bond donors (Lipinski definition) is 1. The molecule has 0 bridgehead atoms. The molecule has 1 aliphatic rings. The zero-order valence-corrected chi connectivity index (χ0v) is 24.6. The number of thioether (sulfide) groups is 1. The number of carbonyl (C=O) groups excluding carboxylic acids is 1. The molecule has 0 spiro atoms. The van der Waals surface area contributed by atoms with Gasteiger partial charge in [0, 0.05) is 31.3 Å². The van der Waals surface area contributed by atoms with Crippen LogP contribution >= 0.6 is 11.8 Å². The van der Waals surface area contributed by atoms with E-state index in [-0.39, 0.29) is 27.1 Å². The highest BCUT2D eigenvalue weighted by Gasteiger charge is 2.37. The SMILES string of the molecule is O=C(CSc1nc(Nc2ccccc2F)c2ccccc2n1)N1CCC(Oc2no[n+]([O-])c2S(=O)(=O)c2ccccc2)CC1. The van der Waals surface area contributed by atoms with Crippen molar-refractivity contribution < 1.29 is 31.9 Å². The Hall–Kier alpha value is -4.76. The molecule has 12 nitrogen and oxygen atoms in total. The smallest absolute Gasteiger partial charge is 0.415 e. The third-order valence-electron chi connectivity index (χ3n) is 6.96. The minimum Gasteiger partial charge on any atom is -0.451 e. The number of aromatic nitrogens is 4. The summed E-state index contributed by atoms with van der Waals surface area (Å²) in [5, 5.41) is 19.1. The maximum atomic E-state index is 14.3. The van der Waals surface area contributed by atoms with Gasteiger partial charge in [-0.3, -0.25) is 9.42 Å². The maximum absolute atomic E-state index is 14.3. The first kappa shape index (κ1) is 29.3. The molecule has 44 heavy (non-hydrogen) atoms. The summed E-state index contributed by atoms with van der Waals surface area (Å²) in [6, 6.07) is 21.1. The standard InChI is InChI=1S/C29H25FN6O6S2/c30-22-11-5-7-13-24(22)31-26-21-10-4-6-12-23(21)32-29(33-26)43-18-25(37)35-16-14-19(15-17-35)41-27-28(36(38)42-34-27)44(39,40)20-8-2-1-3-9-20/h1-13,19H,14-18H2,(H,31,32,33). The molecular formula is C29H25FN6O6S2. The van der Waals surface area contributed by atoms with Crippen molar-refractivity contribution in [3.05, 3.63) is 89.9 Å². The number of ether oxygens (including phenoxy) is 1. The molecule has 5 aromatic rings. The third-order valence-corrected chi connectivity index (χ3v) is 9.52. The molecular weight excluding hydrogens is 611 g/mol. The lowest BCUT2D eigenvalue weighted by Gasteiger charge is -2.31. The number of para-hydroxylation sites is 2. The van der Waals surface area contributed by atoms with Gasteiger partial charge >= 0.3 is 10.9 Å². The van der Waals surface area contributed by atoms with Gasteiger partial charge in [-0.1, -0.05) is 54.2 Å². The number of fused-ring (bicyclic) bond motifs is 1. The van der Waals surface area contributed by atoms with E-state index in [4.69, 9.17) is 4.74 Å². The predicted molar refractivity (Wildman–Crippen MR) is 158 cm³/mol. The number of piperidine rings is 1. The normalized spacial score (nSPS) is 14.1. The van der Waals surface area contributed by atoms with Gasteiger partial charge in [-0.25, -0.2) is 22.8 Å². The Bertz CT molecular complexity index is 1920. The van der Waals surface area contributed by atoms with Gasteiger partial charge in [-0.2, -0.15) is 0 Å². The largest absolute Gasteiger partial charge is 0.451 e. The van der Waals surface area contributed by atoms with Crippen LogP contribution < -0.4 is 15.0 Å². The van der Waals surface area contributed by atoms with Gasteiger partial charge in [0.1, 0.15) is 17.7 Å². The molecule has 1 saturated heterocycles. The molecule has 15 heteroatoms. The van der Waals surface area contributed by atoms with Gasteiger partial charge in [0.15, 0.2) is 5.16 Å². The summed E-state index contributed by atoms with van der Waals surface area (Å²) in [7, 11) is -4.24. The van der Waals surface area contributed by atoms with Gasteiger partial charge in [0.2, 0.25) is 5.91 Å². The lowest BCUT2D eigenvalue weighted by atomic mass is 10.1. The summed E-state index contributed by atoms with van der Waals surface area (Å²) in [6.07, 6.45) is 0.282. The van der Waals surface area contributed by atoms with Crippen LogP contribution in [0.25, 0.3) is 10.9 Å². The molecule has 2 aromatic heterocycles. The van der Waals surface area contributed by atoms with Gasteiger partial charge in [0.25, 0.3) is 9.84 Å². The fourth-order valence-corrected chi connectivity index (χ4v) is 6.77. The van der Waals surface area contributed by atoms with Crippen LogP contribution in [0.15, 0.2) is 98.6 Å². The first-order chi connectivity index (χ1) is 21.3. The summed E-state index contributed by atoms with van der Waals surface area (Å²) in [6.45, 7) is 0.692. The van der Waals surface area contributed by atoms with Crippen LogP contribution in [0.3, 0.4) is 0 Å². The van der Waals surface area contributed by atoms with Crippen LogP contribution in [-0.2, 0) is 14.6 Å². The second kappa shape index (κ2) is 12.5. The summed E-state index contributed by atoms with van der Waals surface area (Å²) in [4.78, 5) is 23.6. The summed E-state index contributed by atoms with van der Waals surface area (Å²) in [5.41, 5.74) is 0.920. The fourth-order valence-electron chi connectivity index (χ4n) is 4.73. The van der Waals surface area contributed by atoms with E-state index in [9.17, 15) is 22.8 Å². The van der Waals surface area contributed by atoms with Crippen molar-refractivity contribution in [3.63, 3.8) is 0 Å². The average molecular weight is 637 g/mol. The number of benzene rings is 3. The summed E-state index contributed by atoms with van der Waals surface area (Å²) < 4.78 is 50.7. The van der Waals surface area contributed by atoms with Crippen LogP contribution in [0.5, 0.6) is 5.88 Å². The fraction of sp³-hybridized carbons (Fsp3) is 0.207. The molecule has 1 amide bonds. The number of sulfone groups is 1. The lowest BCUT2D eigenvalue weighted by Crippen LogP contribution is -2.42. The second-order valence-electron chi connectivity index (χ2n) is 9.82. The second-order valence-corrected chi connectivity index (χ2v) is 12.6. The van der Waals surface area contributed by atoms with Crippen molar-refractivity contribution in [1.82, 2.24) is 20.0 Å². The molecule has 0 atom stereocenters. The van der Waals surface area contributed by atoms with Crippen LogP contribution in [0, 0.1) is 11.0 Å². The Kier molecular flexibility index (Phi) is 8.30. The molecule has 0 unspecified atom stereocenters. The minimum absolute atomic E-state index is 0.0714. The van der Waals surface area contributed by atoms with E-state index in [1.165, 1.54) is 42.1 Å². The summed E-state index contributed by atoms with van der Waals surface area (Å²) in [5.74, 6) is -0.481. The number of rotatable bonds is 9. The van der Waals surface area contributed by atoms with E-state index in [0.29, 0.717) is 47.8 Å². The zero-order valence-electron chi connectivity index (χ0n) is 23.0.